The van der Waals surface area contributed by atoms with Crippen molar-refractivity contribution < 1.29 is 4.79 Å². The maximum Gasteiger partial charge on any atom is 0.317 e. The molecule has 7 heteroatoms. The van der Waals surface area contributed by atoms with Crippen molar-refractivity contribution in [1.82, 2.24) is 29.9 Å². The zero-order valence-corrected chi connectivity index (χ0v) is 14.2. The Bertz CT molecular complexity index is 524. The van der Waals surface area contributed by atoms with Gasteiger partial charge in [-0.1, -0.05) is 0 Å². The summed E-state index contributed by atoms with van der Waals surface area (Å²) >= 11 is 0. The highest BCUT2D eigenvalue weighted by Gasteiger charge is 2.28. The van der Waals surface area contributed by atoms with Gasteiger partial charge in [0, 0.05) is 38.6 Å². The Hall–Kier alpha value is -1.63. The van der Waals surface area contributed by atoms with E-state index in [9.17, 15) is 4.79 Å². The highest BCUT2D eigenvalue weighted by Crippen LogP contribution is 2.24. The van der Waals surface area contributed by atoms with E-state index in [1.165, 1.54) is 12.8 Å². The number of urea groups is 1. The number of aryl methyl sites for hydroxylation is 1. The lowest BCUT2D eigenvalue weighted by atomic mass is 9.97. The first-order valence-corrected chi connectivity index (χ1v) is 8.76. The second-order valence-electron chi connectivity index (χ2n) is 6.86. The number of piperidine rings is 1. The number of carbonyl (C=O) groups is 1. The molecule has 1 aromatic heterocycles. The Morgan fingerprint density at radius 3 is 2.83 bits per heavy atom. The van der Waals surface area contributed by atoms with Crippen molar-refractivity contribution in [3.8, 4) is 0 Å². The molecule has 2 fully saturated rings. The van der Waals surface area contributed by atoms with Crippen LogP contribution in [0.15, 0.2) is 6.33 Å². The van der Waals surface area contributed by atoms with Crippen LogP contribution in [0.25, 0.3) is 0 Å². The predicted molar refractivity (Wildman–Crippen MR) is 88.2 cm³/mol. The third kappa shape index (κ3) is 3.83. The maximum absolute atomic E-state index is 12.5. The van der Waals surface area contributed by atoms with E-state index in [-0.39, 0.29) is 11.9 Å². The summed E-state index contributed by atoms with van der Waals surface area (Å²) in [7, 11) is 1.96. The lowest BCUT2D eigenvalue weighted by Gasteiger charge is -2.33. The molecule has 1 aromatic rings. The van der Waals surface area contributed by atoms with E-state index in [0.717, 1.165) is 51.4 Å². The van der Waals surface area contributed by atoms with Crippen molar-refractivity contribution in [3.63, 3.8) is 0 Å². The molecular weight excluding hydrogens is 292 g/mol. The standard InChI is InChI=1S/C16H28N6O/c1-13(21-7-3-4-8-21)10-17-16(23)22-9-5-6-14(11-22)15-19-18-12-20(15)2/h12-14H,3-11H2,1-2H3,(H,17,23)/t13-,14-/m1/s1. The first kappa shape index (κ1) is 16.2. The summed E-state index contributed by atoms with van der Waals surface area (Å²) in [5.41, 5.74) is 0. The lowest BCUT2D eigenvalue weighted by Crippen LogP contribution is -2.48. The monoisotopic (exact) mass is 320 g/mol. The third-order valence-electron chi connectivity index (χ3n) is 5.13. The summed E-state index contributed by atoms with van der Waals surface area (Å²) in [5, 5.41) is 11.3. The molecule has 2 atom stereocenters. The summed E-state index contributed by atoms with van der Waals surface area (Å²) in [6.07, 6.45) is 6.38. The van der Waals surface area contributed by atoms with E-state index in [4.69, 9.17) is 0 Å². The zero-order valence-electron chi connectivity index (χ0n) is 14.2. The number of hydrogen-bond acceptors (Lipinski definition) is 4. The van der Waals surface area contributed by atoms with Crippen molar-refractivity contribution in [3.05, 3.63) is 12.2 Å². The van der Waals surface area contributed by atoms with Gasteiger partial charge in [0.25, 0.3) is 0 Å². The molecule has 2 amide bonds. The Labute approximate surface area is 138 Å². The van der Waals surface area contributed by atoms with Crippen LogP contribution in [0.3, 0.4) is 0 Å². The van der Waals surface area contributed by atoms with Crippen LogP contribution in [0.1, 0.15) is 44.3 Å². The summed E-state index contributed by atoms with van der Waals surface area (Å²) in [4.78, 5) is 16.9. The van der Waals surface area contributed by atoms with Crippen LogP contribution in [0.2, 0.25) is 0 Å². The average Bonchev–Trinajstić information content (AvgIpc) is 3.24. The number of likely N-dealkylation sites (tertiary alicyclic amines) is 2. The van der Waals surface area contributed by atoms with Crippen LogP contribution in [-0.4, -0.2) is 69.4 Å². The fourth-order valence-electron chi connectivity index (χ4n) is 3.69. The van der Waals surface area contributed by atoms with E-state index in [1.54, 1.807) is 6.33 Å². The van der Waals surface area contributed by atoms with Crippen molar-refractivity contribution in [2.75, 3.05) is 32.7 Å². The summed E-state index contributed by atoms with van der Waals surface area (Å²) in [5.74, 6) is 1.27. The van der Waals surface area contributed by atoms with Crippen LogP contribution >= 0.6 is 0 Å². The molecule has 2 saturated heterocycles. The fourth-order valence-corrected chi connectivity index (χ4v) is 3.69. The second kappa shape index (κ2) is 7.29. The van der Waals surface area contributed by atoms with Gasteiger partial charge in [-0.15, -0.1) is 10.2 Å². The number of nitrogens with one attached hydrogen (secondary N) is 1. The van der Waals surface area contributed by atoms with Crippen LogP contribution in [0.5, 0.6) is 0 Å². The molecule has 0 saturated carbocycles. The van der Waals surface area contributed by atoms with Gasteiger partial charge in [-0.3, -0.25) is 4.90 Å². The summed E-state index contributed by atoms with van der Waals surface area (Å²) in [6.45, 7) is 6.81. The molecule has 1 N–H and O–H groups in total. The normalized spacial score (nSPS) is 23.9. The van der Waals surface area contributed by atoms with Gasteiger partial charge < -0.3 is 14.8 Å². The van der Waals surface area contributed by atoms with Gasteiger partial charge in [-0.2, -0.15) is 0 Å². The molecule has 0 aliphatic carbocycles. The van der Waals surface area contributed by atoms with Gasteiger partial charge in [0.2, 0.25) is 0 Å². The Balaban J connectivity index is 1.50. The van der Waals surface area contributed by atoms with Crippen molar-refractivity contribution in [1.29, 1.82) is 0 Å². The fraction of sp³-hybridized carbons (Fsp3) is 0.812. The first-order chi connectivity index (χ1) is 11.1. The Morgan fingerprint density at radius 1 is 1.35 bits per heavy atom. The second-order valence-corrected chi connectivity index (χ2v) is 6.86. The molecule has 0 spiro atoms. The van der Waals surface area contributed by atoms with Crippen molar-refractivity contribution >= 4 is 6.03 Å². The largest absolute Gasteiger partial charge is 0.336 e. The third-order valence-corrected chi connectivity index (χ3v) is 5.13. The first-order valence-electron chi connectivity index (χ1n) is 8.76. The van der Waals surface area contributed by atoms with Crippen LogP contribution in [-0.2, 0) is 7.05 Å². The molecule has 0 bridgehead atoms. The van der Waals surface area contributed by atoms with Gasteiger partial charge in [0.05, 0.1) is 0 Å². The van der Waals surface area contributed by atoms with E-state index < -0.39 is 0 Å². The number of hydrogen-bond donors (Lipinski definition) is 1. The van der Waals surface area contributed by atoms with Gasteiger partial charge in [-0.25, -0.2) is 4.79 Å². The van der Waals surface area contributed by atoms with Gasteiger partial charge in [-0.05, 0) is 45.7 Å². The quantitative estimate of drug-likeness (QED) is 0.905. The molecular formula is C16H28N6O. The number of nitrogens with zero attached hydrogens (tertiary/aromatic N) is 5. The maximum atomic E-state index is 12.5. The Morgan fingerprint density at radius 2 is 2.13 bits per heavy atom. The molecule has 0 unspecified atom stereocenters. The van der Waals surface area contributed by atoms with Crippen molar-refractivity contribution in [2.45, 2.75) is 44.6 Å². The molecule has 7 nitrogen and oxygen atoms in total. The summed E-state index contributed by atoms with van der Waals surface area (Å²) in [6, 6.07) is 0.476. The Kier molecular flexibility index (Phi) is 5.15. The van der Waals surface area contributed by atoms with Crippen LogP contribution < -0.4 is 5.32 Å². The zero-order chi connectivity index (χ0) is 16.2. The van der Waals surface area contributed by atoms with Gasteiger partial charge >= 0.3 is 6.03 Å². The predicted octanol–water partition coefficient (Wildman–Crippen LogP) is 1.19. The number of aromatic nitrogens is 3. The smallest absolute Gasteiger partial charge is 0.317 e. The topological polar surface area (TPSA) is 66.3 Å². The molecule has 0 radical (unpaired) electrons. The molecule has 3 heterocycles. The average molecular weight is 320 g/mol. The summed E-state index contributed by atoms with van der Waals surface area (Å²) < 4.78 is 1.96. The SMILES string of the molecule is C[C@H](CNC(=O)N1CCC[C@@H](c2nncn2C)C1)N1CCCC1. The number of rotatable bonds is 4. The van der Waals surface area contributed by atoms with Gasteiger partial charge in [0.15, 0.2) is 0 Å². The molecule has 3 rings (SSSR count). The number of amides is 2. The van der Waals surface area contributed by atoms with Gasteiger partial charge in [0.1, 0.15) is 12.2 Å². The van der Waals surface area contributed by atoms with E-state index in [1.807, 2.05) is 16.5 Å². The lowest BCUT2D eigenvalue weighted by molar-refractivity contribution is 0.172. The molecule has 2 aliphatic heterocycles. The number of carbonyl (C=O) groups excluding carboxylic acids is 1. The van der Waals surface area contributed by atoms with E-state index in [2.05, 4.69) is 27.3 Å². The molecule has 23 heavy (non-hydrogen) atoms. The molecule has 128 valence electrons. The highest BCUT2D eigenvalue weighted by atomic mass is 16.2. The van der Waals surface area contributed by atoms with Crippen LogP contribution in [0.4, 0.5) is 4.79 Å². The molecule has 0 aromatic carbocycles. The minimum Gasteiger partial charge on any atom is -0.336 e. The minimum atomic E-state index is 0.0583. The van der Waals surface area contributed by atoms with Crippen molar-refractivity contribution in [2.24, 2.45) is 7.05 Å². The van der Waals surface area contributed by atoms with Crippen LogP contribution in [0, 0.1) is 0 Å². The van der Waals surface area contributed by atoms with E-state index in [0.29, 0.717) is 6.04 Å². The highest BCUT2D eigenvalue weighted by molar-refractivity contribution is 5.74. The minimum absolute atomic E-state index is 0.0583. The van der Waals surface area contributed by atoms with E-state index >= 15 is 0 Å². The molecule has 2 aliphatic rings.